The van der Waals surface area contributed by atoms with Gasteiger partial charge in [-0.1, -0.05) is 40.9 Å². The van der Waals surface area contributed by atoms with Gasteiger partial charge in [-0.3, -0.25) is 25.4 Å². The van der Waals surface area contributed by atoms with E-state index in [9.17, 15) is 9.59 Å². The Balaban J connectivity index is 2.03. The lowest BCUT2D eigenvalue weighted by Crippen LogP contribution is -2.26. The fraction of sp³-hybridized carbons (Fsp3) is 0.0556. The van der Waals surface area contributed by atoms with Gasteiger partial charge in [0.1, 0.15) is 0 Å². The molecule has 138 valence electrons. The predicted molar refractivity (Wildman–Crippen MR) is 109 cm³/mol. The molecule has 1 aromatic heterocycles. The molecule has 27 heavy (non-hydrogen) atoms. The molecule has 3 rings (SSSR count). The maximum atomic E-state index is 12.7. The molecule has 0 spiro atoms. The van der Waals surface area contributed by atoms with Gasteiger partial charge in [0.05, 0.1) is 37.5 Å². The van der Waals surface area contributed by atoms with Gasteiger partial charge in [-0.25, -0.2) is 0 Å². The van der Waals surface area contributed by atoms with Gasteiger partial charge < -0.3 is 5.32 Å². The molecule has 3 N–H and O–H groups in total. The SMILES string of the molecule is CC(=O)NNc1ccnc2c(NC(=O)c3c(Cl)cccc3Cl)ccc(Cl)c12. The number of carbonyl (C=O) groups is 2. The first-order chi connectivity index (χ1) is 12.9. The van der Waals surface area contributed by atoms with Gasteiger partial charge in [0.2, 0.25) is 5.91 Å². The molecule has 0 atom stereocenters. The fourth-order valence-electron chi connectivity index (χ4n) is 2.49. The van der Waals surface area contributed by atoms with E-state index < -0.39 is 5.91 Å². The summed E-state index contributed by atoms with van der Waals surface area (Å²) < 4.78 is 0. The smallest absolute Gasteiger partial charge is 0.258 e. The van der Waals surface area contributed by atoms with Crippen LogP contribution in [0.15, 0.2) is 42.6 Å². The maximum absolute atomic E-state index is 12.7. The van der Waals surface area contributed by atoms with Crippen molar-refractivity contribution in [2.75, 3.05) is 10.7 Å². The molecule has 0 aliphatic heterocycles. The van der Waals surface area contributed by atoms with Crippen molar-refractivity contribution < 1.29 is 9.59 Å². The van der Waals surface area contributed by atoms with E-state index >= 15 is 0 Å². The van der Waals surface area contributed by atoms with E-state index in [1.54, 1.807) is 36.4 Å². The Bertz CT molecular complexity index is 1040. The average Bonchev–Trinajstić information content (AvgIpc) is 2.62. The highest BCUT2D eigenvalue weighted by atomic mass is 35.5. The van der Waals surface area contributed by atoms with Crippen molar-refractivity contribution in [1.82, 2.24) is 10.4 Å². The predicted octanol–water partition coefficient (Wildman–Crippen LogP) is 4.91. The Kier molecular flexibility index (Phi) is 5.70. The van der Waals surface area contributed by atoms with E-state index in [0.29, 0.717) is 27.3 Å². The van der Waals surface area contributed by atoms with E-state index in [1.165, 1.54) is 13.1 Å². The van der Waals surface area contributed by atoms with Crippen molar-refractivity contribution in [2.45, 2.75) is 6.92 Å². The highest BCUT2D eigenvalue weighted by Gasteiger charge is 2.17. The third kappa shape index (κ3) is 4.08. The molecule has 0 saturated heterocycles. The monoisotopic (exact) mass is 422 g/mol. The molecule has 2 aromatic carbocycles. The number of hydrogen-bond donors (Lipinski definition) is 3. The number of anilines is 2. The third-order valence-electron chi connectivity index (χ3n) is 3.65. The number of nitrogens with one attached hydrogen (secondary N) is 3. The molecule has 0 saturated carbocycles. The lowest BCUT2D eigenvalue weighted by Gasteiger charge is -2.14. The molecule has 0 fully saturated rings. The van der Waals surface area contributed by atoms with Crippen molar-refractivity contribution in [1.29, 1.82) is 0 Å². The summed E-state index contributed by atoms with van der Waals surface area (Å²) in [4.78, 5) is 28.1. The van der Waals surface area contributed by atoms with Gasteiger partial charge in [-0.05, 0) is 30.3 Å². The maximum Gasteiger partial charge on any atom is 0.258 e. The second kappa shape index (κ2) is 8.00. The third-order valence-corrected chi connectivity index (χ3v) is 4.60. The molecule has 0 unspecified atom stereocenters. The Morgan fingerprint density at radius 3 is 2.30 bits per heavy atom. The number of hydrazine groups is 1. The average molecular weight is 424 g/mol. The molecule has 9 heteroatoms. The standard InChI is InChI=1S/C18H13Cl3N4O2/c1-9(26)24-25-13-7-8-22-17-14(6-5-12(21)16(13)17)23-18(27)15-10(19)3-2-4-11(15)20/h2-8H,1H3,(H,22,25)(H,23,27)(H,24,26). The molecular weight excluding hydrogens is 411 g/mol. The van der Waals surface area contributed by atoms with Crippen LogP contribution >= 0.6 is 34.8 Å². The first-order valence-electron chi connectivity index (χ1n) is 7.73. The second-order valence-corrected chi connectivity index (χ2v) is 6.76. The minimum Gasteiger partial charge on any atom is -0.320 e. The van der Waals surface area contributed by atoms with E-state index in [1.807, 2.05) is 0 Å². The van der Waals surface area contributed by atoms with Crippen molar-refractivity contribution in [3.8, 4) is 0 Å². The van der Waals surface area contributed by atoms with Gasteiger partial charge >= 0.3 is 0 Å². The Morgan fingerprint density at radius 2 is 1.63 bits per heavy atom. The van der Waals surface area contributed by atoms with E-state index in [4.69, 9.17) is 34.8 Å². The van der Waals surface area contributed by atoms with Crippen LogP contribution in [-0.4, -0.2) is 16.8 Å². The molecule has 6 nitrogen and oxygen atoms in total. The van der Waals surface area contributed by atoms with Gasteiger partial charge in [0, 0.05) is 18.5 Å². The van der Waals surface area contributed by atoms with Crippen LogP contribution in [0.4, 0.5) is 11.4 Å². The van der Waals surface area contributed by atoms with Crippen LogP contribution < -0.4 is 16.2 Å². The lowest BCUT2D eigenvalue weighted by molar-refractivity contribution is -0.118. The summed E-state index contributed by atoms with van der Waals surface area (Å²) in [7, 11) is 0. The number of benzene rings is 2. The number of aromatic nitrogens is 1. The Hall–Kier alpha value is -2.54. The van der Waals surface area contributed by atoms with Gasteiger partial charge in [-0.15, -0.1) is 0 Å². The minimum absolute atomic E-state index is 0.163. The van der Waals surface area contributed by atoms with E-state index in [0.717, 1.165) is 0 Å². The Labute approximate surface area is 169 Å². The summed E-state index contributed by atoms with van der Waals surface area (Å²) in [5, 5.41) is 4.17. The summed E-state index contributed by atoms with van der Waals surface area (Å²) in [5.74, 6) is -0.745. The van der Waals surface area contributed by atoms with E-state index in [-0.39, 0.29) is 21.5 Å². The molecule has 3 aromatic rings. The van der Waals surface area contributed by atoms with Gasteiger partial charge in [-0.2, -0.15) is 0 Å². The van der Waals surface area contributed by atoms with Gasteiger partial charge in [0.15, 0.2) is 0 Å². The number of hydrogen-bond acceptors (Lipinski definition) is 4. The van der Waals surface area contributed by atoms with Crippen LogP contribution in [0.5, 0.6) is 0 Å². The normalized spacial score (nSPS) is 10.5. The summed E-state index contributed by atoms with van der Waals surface area (Å²) in [6.07, 6.45) is 1.53. The second-order valence-electron chi connectivity index (χ2n) is 5.53. The van der Waals surface area contributed by atoms with Crippen molar-refractivity contribution in [2.24, 2.45) is 0 Å². The molecular formula is C18H13Cl3N4O2. The number of rotatable bonds is 4. The van der Waals surface area contributed by atoms with Crippen molar-refractivity contribution in [3.63, 3.8) is 0 Å². The number of halogens is 3. The highest BCUT2D eigenvalue weighted by Crippen LogP contribution is 2.34. The summed E-state index contributed by atoms with van der Waals surface area (Å²) >= 11 is 18.5. The lowest BCUT2D eigenvalue weighted by atomic mass is 10.1. The number of amides is 2. The number of pyridine rings is 1. The van der Waals surface area contributed by atoms with Crippen LogP contribution in [0.1, 0.15) is 17.3 Å². The highest BCUT2D eigenvalue weighted by molar-refractivity contribution is 6.41. The van der Waals surface area contributed by atoms with Crippen LogP contribution in [-0.2, 0) is 4.79 Å². The summed E-state index contributed by atoms with van der Waals surface area (Å²) in [6.45, 7) is 1.37. The number of nitrogens with zero attached hydrogens (tertiary/aromatic N) is 1. The zero-order valence-corrected chi connectivity index (χ0v) is 16.2. The molecule has 0 aliphatic rings. The largest absolute Gasteiger partial charge is 0.320 e. The van der Waals surface area contributed by atoms with Crippen molar-refractivity contribution in [3.05, 3.63) is 63.2 Å². The topological polar surface area (TPSA) is 83.1 Å². The number of carbonyl (C=O) groups excluding carboxylic acids is 2. The molecule has 1 heterocycles. The first kappa shape index (κ1) is 19.2. The van der Waals surface area contributed by atoms with E-state index in [2.05, 4.69) is 21.2 Å². The van der Waals surface area contributed by atoms with Gasteiger partial charge in [0.25, 0.3) is 5.91 Å². The Morgan fingerprint density at radius 1 is 0.926 bits per heavy atom. The zero-order chi connectivity index (χ0) is 19.6. The molecule has 0 aliphatic carbocycles. The molecule has 2 amide bonds. The fourth-order valence-corrected chi connectivity index (χ4v) is 3.31. The number of fused-ring (bicyclic) bond motifs is 1. The quantitative estimate of drug-likeness (QED) is 0.521. The first-order valence-corrected chi connectivity index (χ1v) is 8.87. The summed E-state index contributed by atoms with van der Waals surface area (Å²) in [6, 6.07) is 9.71. The van der Waals surface area contributed by atoms with Crippen LogP contribution in [0.25, 0.3) is 10.9 Å². The molecule has 0 bridgehead atoms. The molecule has 0 radical (unpaired) electrons. The summed E-state index contributed by atoms with van der Waals surface area (Å²) in [5.41, 5.74) is 6.82. The van der Waals surface area contributed by atoms with Crippen LogP contribution in [0, 0.1) is 0 Å². The van der Waals surface area contributed by atoms with Crippen molar-refractivity contribution >= 4 is 68.9 Å². The minimum atomic E-state index is -0.476. The van der Waals surface area contributed by atoms with Crippen LogP contribution in [0.3, 0.4) is 0 Å². The van der Waals surface area contributed by atoms with Crippen LogP contribution in [0.2, 0.25) is 15.1 Å². The zero-order valence-electron chi connectivity index (χ0n) is 13.9.